The molecular weight excluding hydrogens is 433 g/mol. The number of halogens is 3. The van der Waals surface area contributed by atoms with Gasteiger partial charge >= 0.3 is 6.18 Å². The van der Waals surface area contributed by atoms with E-state index in [1.807, 2.05) is 4.90 Å². The molecule has 0 unspecified atom stereocenters. The van der Waals surface area contributed by atoms with E-state index in [1.165, 1.54) is 6.07 Å². The summed E-state index contributed by atoms with van der Waals surface area (Å²) in [6.07, 6.45) is -4.14. The molecule has 0 spiro atoms. The number of carbonyl (C=O) groups excluding carboxylic acids is 1. The van der Waals surface area contributed by atoms with Crippen molar-refractivity contribution in [3.63, 3.8) is 0 Å². The van der Waals surface area contributed by atoms with E-state index in [9.17, 15) is 22.8 Å². The second kappa shape index (κ2) is 10.2. The maximum absolute atomic E-state index is 12.5. The molecule has 2 heterocycles. The van der Waals surface area contributed by atoms with Crippen molar-refractivity contribution < 1.29 is 22.7 Å². The molecule has 31 heavy (non-hydrogen) atoms. The first-order valence-corrected chi connectivity index (χ1v) is 10.7. The molecule has 1 aromatic heterocycles. The number of ether oxygens (including phenoxy) is 1. The van der Waals surface area contributed by atoms with Crippen LogP contribution in [-0.2, 0) is 16.0 Å². The van der Waals surface area contributed by atoms with Crippen LogP contribution in [0.4, 0.5) is 24.8 Å². The number of carbonyl (C=O) groups is 1. The lowest BCUT2D eigenvalue weighted by Crippen LogP contribution is -2.38. The summed E-state index contributed by atoms with van der Waals surface area (Å²) in [7, 11) is 0. The predicted octanol–water partition coefficient (Wildman–Crippen LogP) is 3.14. The van der Waals surface area contributed by atoms with Gasteiger partial charge in [-0.15, -0.1) is 11.8 Å². The fourth-order valence-electron chi connectivity index (χ4n) is 3.12. The van der Waals surface area contributed by atoms with E-state index >= 15 is 0 Å². The maximum atomic E-state index is 12.5. The van der Waals surface area contributed by atoms with Crippen molar-refractivity contribution in [1.29, 1.82) is 0 Å². The van der Waals surface area contributed by atoms with Crippen LogP contribution < -0.4 is 15.8 Å². The summed E-state index contributed by atoms with van der Waals surface area (Å²) >= 11 is 0.612. The lowest BCUT2D eigenvalue weighted by atomic mass is 10.1. The number of benzene rings is 1. The van der Waals surface area contributed by atoms with Crippen LogP contribution in [0.5, 0.6) is 0 Å². The van der Waals surface area contributed by atoms with Gasteiger partial charge < -0.3 is 15.0 Å². The number of thioether (sulfide) groups is 1. The number of nitrogens with one attached hydrogen (secondary N) is 2. The van der Waals surface area contributed by atoms with E-state index < -0.39 is 17.8 Å². The SMILES string of the molecule is Cc1nc(N2CCOCC2)[nH]c(=O)c1CCC(=O)Nc1ccccc1SCC(F)(F)F. The summed E-state index contributed by atoms with van der Waals surface area (Å²) in [4.78, 5) is 34.4. The predicted molar refractivity (Wildman–Crippen MR) is 113 cm³/mol. The van der Waals surface area contributed by atoms with E-state index in [4.69, 9.17) is 4.74 Å². The van der Waals surface area contributed by atoms with Crippen molar-refractivity contribution in [1.82, 2.24) is 9.97 Å². The van der Waals surface area contributed by atoms with Gasteiger partial charge in [0.15, 0.2) is 0 Å². The van der Waals surface area contributed by atoms with Crippen molar-refractivity contribution in [2.45, 2.75) is 30.8 Å². The van der Waals surface area contributed by atoms with Crippen LogP contribution in [0.25, 0.3) is 0 Å². The van der Waals surface area contributed by atoms with E-state index in [0.29, 0.717) is 65.9 Å². The number of alkyl halides is 3. The number of aryl methyl sites for hydroxylation is 1. The van der Waals surface area contributed by atoms with Gasteiger partial charge in [0.1, 0.15) is 0 Å². The molecule has 0 aliphatic carbocycles. The highest BCUT2D eigenvalue weighted by molar-refractivity contribution is 7.99. The van der Waals surface area contributed by atoms with Crippen LogP contribution in [-0.4, -0.2) is 54.1 Å². The number of hydrogen-bond donors (Lipinski definition) is 2. The van der Waals surface area contributed by atoms with Crippen molar-refractivity contribution >= 4 is 29.3 Å². The smallest absolute Gasteiger partial charge is 0.378 e. The Balaban J connectivity index is 1.62. The van der Waals surface area contributed by atoms with Gasteiger partial charge in [-0.2, -0.15) is 13.2 Å². The topological polar surface area (TPSA) is 87.3 Å². The number of anilines is 2. The van der Waals surface area contributed by atoms with E-state index in [0.717, 1.165) is 0 Å². The monoisotopic (exact) mass is 456 g/mol. The standard InChI is InChI=1S/C20H23F3N4O3S/c1-13-14(18(29)26-19(24-13)27-8-10-30-11-9-27)6-7-17(28)25-15-4-2-3-5-16(15)31-12-20(21,22)23/h2-5H,6-12H2,1H3,(H,25,28)(H,24,26,29). The van der Waals surface area contributed by atoms with Gasteiger partial charge in [-0.3, -0.25) is 14.6 Å². The fraction of sp³-hybridized carbons (Fsp3) is 0.450. The van der Waals surface area contributed by atoms with Crippen LogP contribution in [0.3, 0.4) is 0 Å². The minimum Gasteiger partial charge on any atom is -0.378 e. The highest BCUT2D eigenvalue weighted by atomic mass is 32.2. The molecule has 11 heteroatoms. The Morgan fingerprint density at radius 1 is 1.29 bits per heavy atom. The maximum Gasteiger partial charge on any atom is 0.398 e. The molecule has 0 atom stereocenters. The number of para-hydroxylation sites is 1. The average molecular weight is 456 g/mol. The molecule has 2 N–H and O–H groups in total. The number of amides is 1. The fourth-order valence-corrected chi connectivity index (χ4v) is 3.89. The molecule has 7 nitrogen and oxygen atoms in total. The Hall–Kier alpha value is -2.53. The molecule has 1 saturated heterocycles. The minimum atomic E-state index is -4.30. The van der Waals surface area contributed by atoms with Gasteiger partial charge in [0.25, 0.3) is 5.56 Å². The zero-order valence-corrected chi connectivity index (χ0v) is 17.7. The van der Waals surface area contributed by atoms with Crippen molar-refractivity contribution in [2.75, 3.05) is 42.3 Å². The summed E-state index contributed by atoms with van der Waals surface area (Å²) in [5, 5.41) is 2.64. The molecule has 1 aliphatic rings. The van der Waals surface area contributed by atoms with Gasteiger partial charge in [-0.1, -0.05) is 12.1 Å². The first-order chi connectivity index (χ1) is 14.7. The van der Waals surface area contributed by atoms with Crippen LogP contribution >= 0.6 is 11.8 Å². The molecule has 1 aliphatic heterocycles. The van der Waals surface area contributed by atoms with Crippen molar-refractivity contribution in [3.05, 3.63) is 45.9 Å². The number of hydrogen-bond acceptors (Lipinski definition) is 6. The molecular formula is C20H23F3N4O3S. The van der Waals surface area contributed by atoms with Crippen molar-refractivity contribution in [3.8, 4) is 0 Å². The first-order valence-electron chi connectivity index (χ1n) is 9.74. The molecule has 1 aromatic carbocycles. The Kier molecular flexibility index (Phi) is 7.60. The molecule has 168 valence electrons. The minimum absolute atomic E-state index is 0.000767. The van der Waals surface area contributed by atoms with Crippen LogP contribution in [0, 0.1) is 6.92 Å². The molecule has 3 rings (SSSR count). The number of aromatic nitrogens is 2. The van der Waals surface area contributed by atoms with Gasteiger partial charge in [0.05, 0.1) is 24.7 Å². The van der Waals surface area contributed by atoms with Gasteiger partial charge in [0, 0.05) is 35.7 Å². The molecule has 1 amide bonds. The Morgan fingerprint density at radius 2 is 2.00 bits per heavy atom. The highest BCUT2D eigenvalue weighted by Gasteiger charge is 2.27. The first kappa shape index (κ1) is 23.1. The lowest BCUT2D eigenvalue weighted by Gasteiger charge is -2.27. The van der Waals surface area contributed by atoms with E-state index in [1.54, 1.807) is 25.1 Å². The van der Waals surface area contributed by atoms with Crippen molar-refractivity contribution in [2.24, 2.45) is 0 Å². The third-order valence-corrected chi connectivity index (χ3v) is 5.81. The Labute approximate surface area is 181 Å². The molecule has 0 bridgehead atoms. The molecule has 1 fully saturated rings. The Morgan fingerprint density at radius 3 is 2.68 bits per heavy atom. The number of aromatic amines is 1. The molecule has 0 saturated carbocycles. The van der Waals surface area contributed by atoms with Crippen LogP contribution in [0.1, 0.15) is 17.7 Å². The summed E-state index contributed by atoms with van der Waals surface area (Å²) in [6, 6.07) is 6.32. The number of rotatable bonds is 7. The van der Waals surface area contributed by atoms with Crippen LogP contribution in [0.2, 0.25) is 0 Å². The highest BCUT2D eigenvalue weighted by Crippen LogP contribution is 2.32. The second-order valence-corrected chi connectivity index (χ2v) is 8.02. The summed E-state index contributed by atoms with van der Waals surface area (Å²) in [5.41, 5.74) is 0.960. The summed E-state index contributed by atoms with van der Waals surface area (Å²) in [5.74, 6) is -0.957. The Bertz CT molecular complexity index is 975. The zero-order valence-electron chi connectivity index (χ0n) is 16.9. The van der Waals surface area contributed by atoms with Gasteiger partial charge in [-0.25, -0.2) is 4.98 Å². The molecule has 2 aromatic rings. The summed E-state index contributed by atoms with van der Waals surface area (Å²) < 4.78 is 42.8. The summed E-state index contributed by atoms with van der Waals surface area (Å²) in [6.45, 7) is 4.11. The third-order valence-electron chi connectivity index (χ3n) is 4.67. The quantitative estimate of drug-likeness (QED) is 0.623. The number of H-pyrrole nitrogens is 1. The van der Waals surface area contributed by atoms with Crippen LogP contribution in [0.15, 0.2) is 34.0 Å². The largest absolute Gasteiger partial charge is 0.398 e. The van der Waals surface area contributed by atoms with E-state index in [2.05, 4.69) is 15.3 Å². The number of morpholine rings is 1. The normalized spacial score (nSPS) is 14.5. The third kappa shape index (κ3) is 6.73. The second-order valence-electron chi connectivity index (χ2n) is 7.00. The van der Waals surface area contributed by atoms with Gasteiger partial charge in [0.2, 0.25) is 11.9 Å². The molecule has 0 radical (unpaired) electrons. The van der Waals surface area contributed by atoms with Gasteiger partial charge in [-0.05, 0) is 25.5 Å². The lowest BCUT2D eigenvalue weighted by molar-refractivity contribution is -0.116. The average Bonchev–Trinajstić information content (AvgIpc) is 2.72. The zero-order chi connectivity index (χ0) is 22.4. The number of nitrogens with zero attached hydrogens (tertiary/aromatic N) is 2. The van der Waals surface area contributed by atoms with E-state index in [-0.39, 0.29) is 18.4 Å².